The maximum absolute atomic E-state index is 12.7. The van der Waals surface area contributed by atoms with E-state index < -0.39 is 10.0 Å². The highest BCUT2D eigenvalue weighted by Crippen LogP contribution is 2.21. The van der Waals surface area contributed by atoms with E-state index in [4.69, 9.17) is 0 Å². The number of nitrogens with one attached hydrogen (secondary N) is 1. The van der Waals surface area contributed by atoms with Crippen LogP contribution in [0.25, 0.3) is 0 Å². The minimum absolute atomic E-state index is 0.292. The standard InChI is InChI=1S/C14H16FNO2S2/c1-2-13-7-8-14(19-13)20(17,18)16-10-9-11-3-5-12(15)6-4-11/h3-8,16H,2,9-10H2,1H3. The Kier molecular flexibility index (Phi) is 4.91. The number of thiophene rings is 1. The zero-order chi connectivity index (χ0) is 14.6. The van der Waals surface area contributed by atoms with Gasteiger partial charge in [-0.3, -0.25) is 0 Å². The van der Waals surface area contributed by atoms with Crippen molar-refractivity contribution in [3.8, 4) is 0 Å². The third-order valence-electron chi connectivity index (χ3n) is 2.87. The molecule has 0 radical (unpaired) electrons. The van der Waals surface area contributed by atoms with Crippen molar-refractivity contribution in [3.63, 3.8) is 0 Å². The lowest BCUT2D eigenvalue weighted by Gasteiger charge is -2.05. The Labute approximate surface area is 122 Å². The molecule has 0 aliphatic carbocycles. The predicted octanol–water partition coefficient (Wildman–Crippen LogP) is 2.97. The van der Waals surface area contributed by atoms with E-state index in [-0.39, 0.29) is 5.82 Å². The number of sulfonamides is 1. The molecule has 0 fully saturated rings. The molecule has 0 aliphatic rings. The quantitative estimate of drug-likeness (QED) is 0.891. The smallest absolute Gasteiger partial charge is 0.210 e. The van der Waals surface area contributed by atoms with E-state index in [0.717, 1.165) is 16.9 Å². The summed E-state index contributed by atoms with van der Waals surface area (Å²) in [5, 5.41) is 0. The first-order valence-electron chi connectivity index (χ1n) is 6.34. The summed E-state index contributed by atoms with van der Waals surface area (Å²) in [5.41, 5.74) is 0.898. The molecule has 108 valence electrons. The highest BCUT2D eigenvalue weighted by atomic mass is 32.2. The van der Waals surface area contributed by atoms with Crippen LogP contribution in [0.3, 0.4) is 0 Å². The van der Waals surface area contributed by atoms with Gasteiger partial charge in [0.1, 0.15) is 10.0 Å². The van der Waals surface area contributed by atoms with Gasteiger partial charge in [0, 0.05) is 11.4 Å². The van der Waals surface area contributed by atoms with Gasteiger partial charge in [0.2, 0.25) is 10.0 Å². The van der Waals surface area contributed by atoms with Crippen LogP contribution >= 0.6 is 11.3 Å². The summed E-state index contributed by atoms with van der Waals surface area (Å²) in [5.74, 6) is -0.292. The zero-order valence-corrected chi connectivity index (χ0v) is 12.7. The Hall–Kier alpha value is -1.24. The molecule has 2 rings (SSSR count). The number of hydrogen-bond donors (Lipinski definition) is 1. The van der Waals surface area contributed by atoms with Gasteiger partial charge < -0.3 is 0 Å². The SMILES string of the molecule is CCc1ccc(S(=O)(=O)NCCc2ccc(F)cc2)s1. The molecule has 1 aromatic carbocycles. The van der Waals surface area contributed by atoms with Crippen LogP contribution in [0, 0.1) is 5.82 Å². The molecule has 3 nitrogen and oxygen atoms in total. The first-order valence-corrected chi connectivity index (χ1v) is 8.64. The van der Waals surface area contributed by atoms with E-state index in [2.05, 4.69) is 4.72 Å². The minimum atomic E-state index is -3.43. The van der Waals surface area contributed by atoms with Crippen LogP contribution in [0.2, 0.25) is 0 Å². The summed E-state index contributed by atoms with van der Waals surface area (Å²) in [6, 6.07) is 9.52. The third-order valence-corrected chi connectivity index (χ3v) is 6.05. The molecule has 0 unspecified atom stereocenters. The van der Waals surface area contributed by atoms with Crippen LogP contribution < -0.4 is 4.72 Å². The Bertz CT molecular complexity index is 663. The molecule has 0 saturated carbocycles. The van der Waals surface area contributed by atoms with Crippen molar-refractivity contribution in [3.05, 3.63) is 52.7 Å². The van der Waals surface area contributed by atoms with E-state index in [9.17, 15) is 12.8 Å². The van der Waals surface area contributed by atoms with Crippen molar-refractivity contribution >= 4 is 21.4 Å². The maximum atomic E-state index is 12.7. The molecular formula is C14H16FNO2S2. The van der Waals surface area contributed by atoms with Gasteiger partial charge >= 0.3 is 0 Å². The number of rotatable bonds is 6. The summed E-state index contributed by atoms with van der Waals surface area (Å²) in [4.78, 5) is 1.05. The average molecular weight is 313 g/mol. The van der Waals surface area contributed by atoms with Crippen LogP contribution in [0.15, 0.2) is 40.6 Å². The highest BCUT2D eigenvalue weighted by Gasteiger charge is 2.15. The molecule has 6 heteroatoms. The summed E-state index contributed by atoms with van der Waals surface area (Å²) >= 11 is 1.29. The molecule has 0 amide bonds. The largest absolute Gasteiger partial charge is 0.250 e. The number of benzene rings is 1. The van der Waals surface area contributed by atoms with Crippen LogP contribution in [-0.4, -0.2) is 15.0 Å². The van der Waals surface area contributed by atoms with Crippen molar-refractivity contribution in [2.45, 2.75) is 24.0 Å². The molecule has 0 spiro atoms. The van der Waals surface area contributed by atoms with E-state index >= 15 is 0 Å². The van der Waals surface area contributed by atoms with Crippen LogP contribution in [-0.2, 0) is 22.9 Å². The van der Waals surface area contributed by atoms with Crippen molar-refractivity contribution < 1.29 is 12.8 Å². The fourth-order valence-electron chi connectivity index (χ4n) is 1.74. The molecule has 0 aliphatic heterocycles. The van der Waals surface area contributed by atoms with Crippen molar-refractivity contribution in [2.75, 3.05) is 6.54 Å². The summed E-state index contributed by atoms with van der Waals surface area (Å²) in [6.07, 6.45) is 1.36. The van der Waals surface area contributed by atoms with Crippen molar-refractivity contribution in [1.82, 2.24) is 4.72 Å². The second-order valence-electron chi connectivity index (χ2n) is 4.35. The van der Waals surface area contributed by atoms with Crippen molar-refractivity contribution in [1.29, 1.82) is 0 Å². The Balaban J connectivity index is 1.94. The Morgan fingerprint density at radius 1 is 1.15 bits per heavy atom. The monoisotopic (exact) mass is 313 g/mol. The van der Waals surface area contributed by atoms with Gasteiger partial charge in [-0.1, -0.05) is 19.1 Å². The van der Waals surface area contributed by atoms with E-state index in [1.54, 1.807) is 18.2 Å². The third kappa shape index (κ3) is 3.88. The van der Waals surface area contributed by atoms with Crippen LogP contribution in [0.1, 0.15) is 17.4 Å². The lowest BCUT2D eigenvalue weighted by Crippen LogP contribution is -2.25. The molecule has 20 heavy (non-hydrogen) atoms. The molecule has 0 saturated heterocycles. The minimum Gasteiger partial charge on any atom is -0.210 e. The van der Waals surface area contributed by atoms with Crippen molar-refractivity contribution in [2.24, 2.45) is 0 Å². The summed E-state index contributed by atoms with van der Waals surface area (Å²) in [6.45, 7) is 2.29. The number of hydrogen-bond acceptors (Lipinski definition) is 3. The first-order chi connectivity index (χ1) is 9.51. The van der Waals surface area contributed by atoms with Gasteiger partial charge in [0.05, 0.1) is 0 Å². The number of halogens is 1. The molecular weight excluding hydrogens is 297 g/mol. The summed E-state index contributed by atoms with van der Waals surface area (Å²) in [7, 11) is -3.43. The molecule has 1 aromatic heterocycles. The molecule has 0 bridgehead atoms. The second-order valence-corrected chi connectivity index (χ2v) is 7.51. The first kappa shape index (κ1) is 15.2. The van der Waals surface area contributed by atoms with Gasteiger partial charge in [-0.05, 0) is 42.7 Å². The molecule has 1 N–H and O–H groups in total. The van der Waals surface area contributed by atoms with Gasteiger partial charge in [-0.25, -0.2) is 17.5 Å². The highest BCUT2D eigenvalue weighted by molar-refractivity contribution is 7.91. The van der Waals surface area contributed by atoms with E-state index in [1.807, 2.05) is 13.0 Å². The fraction of sp³-hybridized carbons (Fsp3) is 0.286. The average Bonchev–Trinajstić information content (AvgIpc) is 2.90. The summed E-state index contributed by atoms with van der Waals surface area (Å²) < 4.78 is 39.7. The lowest BCUT2D eigenvalue weighted by atomic mass is 10.1. The van der Waals surface area contributed by atoms with Gasteiger partial charge in [-0.2, -0.15) is 0 Å². The molecule has 1 heterocycles. The van der Waals surface area contributed by atoms with Gasteiger partial charge in [0.15, 0.2) is 0 Å². The normalized spacial score (nSPS) is 11.7. The Morgan fingerprint density at radius 2 is 1.85 bits per heavy atom. The van der Waals surface area contributed by atoms with Gasteiger partial charge in [-0.15, -0.1) is 11.3 Å². The lowest BCUT2D eigenvalue weighted by molar-refractivity contribution is 0.583. The second kappa shape index (κ2) is 6.47. The Morgan fingerprint density at radius 3 is 2.45 bits per heavy atom. The van der Waals surface area contributed by atoms with Gasteiger partial charge in [0.25, 0.3) is 0 Å². The van der Waals surface area contributed by atoms with E-state index in [1.165, 1.54) is 23.5 Å². The topological polar surface area (TPSA) is 46.2 Å². The molecule has 2 aromatic rings. The zero-order valence-electron chi connectivity index (χ0n) is 11.1. The number of aryl methyl sites for hydroxylation is 1. The van der Waals surface area contributed by atoms with E-state index in [0.29, 0.717) is 17.2 Å². The van der Waals surface area contributed by atoms with Crippen LogP contribution in [0.4, 0.5) is 4.39 Å². The predicted molar refractivity (Wildman–Crippen MR) is 79.0 cm³/mol. The molecule has 0 atom stereocenters. The maximum Gasteiger partial charge on any atom is 0.250 e. The van der Waals surface area contributed by atoms with Crippen LogP contribution in [0.5, 0.6) is 0 Å². The fourth-order valence-corrected chi connectivity index (χ4v) is 4.12.